The second-order valence-electron chi connectivity index (χ2n) is 5.60. The summed E-state index contributed by atoms with van der Waals surface area (Å²) in [6, 6.07) is 10.7. The number of nitrogens with zero attached hydrogens (tertiary/aromatic N) is 2. The fourth-order valence-electron chi connectivity index (χ4n) is 2.73. The van der Waals surface area contributed by atoms with Crippen LogP contribution in [0.3, 0.4) is 0 Å². The van der Waals surface area contributed by atoms with Gasteiger partial charge in [-0.1, -0.05) is 12.1 Å². The van der Waals surface area contributed by atoms with Gasteiger partial charge in [0.25, 0.3) is 5.91 Å². The second kappa shape index (κ2) is 6.40. The summed E-state index contributed by atoms with van der Waals surface area (Å²) in [5, 5.41) is 3.09. The molecule has 3 N–H and O–H groups in total. The molecule has 8 heteroatoms. The molecule has 132 valence electrons. The predicted molar refractivity (Wildman–Crippen MR) is 95.3 cm³/mol. The highest BCUT2D eigenvalue weighted by Gasteiger charge is 2.21. The Morgan fingerprint density at radius 3 is 2.62 bits per heavy atom. The number of fused-ring (bicyclic) bond motifs is 2. The number of methoxy groups -OCH3 is 1. The molecule has 0 radical (unpaired) electrons. The van der Waals surface area contributed by atoms with Crippen LogP contribution in [-0.4, -0.2) is 36.2 Å². The maximum absolute atomic E-state index is 11.9. The first-order valence-electron chi connectivity index (χ1n) is 7.97. The number of anilines is 2. The number of carbonyl (C=O) groups excluding carboxylic acids is 1. The van der Waals surface area contributed by atoms with Crippen molar-refractivity contribution in [2.45, 2.75) is 0 Å². The quantitative estimate of drug-likeness (QED) is 0.741. The maximum Gasteiger partial charge on any atom is 0.271 e. The lowest BCUT2D eigenvalue weighted by Crippen LogP contribution is -2.18. The van der Waals surface area contributed by atoms with E-state index in [2.05, 4.69) is 15.3 Å². The summed E-state index contributed by atoms with van der Waals surface area (Å²) >= 11 is 0. The van der Waals surface area contributed by atoms with E-state index < -0.39 is 5.91 Å². The van der Waals surface area contributed by atoms with Crippen molar-refractivity contribution in [2.24, 2.45) is 5.73 Å². The van der Waals surface area contributed by atoms with Crippen molar-refractivity contribution in [3.8, 4) is 17.2 Å². The van der Waals surface area contributed by atoms with Crippen molar-refractivity contribution >= 4 is 28.4 Å². The largest absolute Gasteiger partial charge is 0.497 e. The van der Waals surface area contributed by atoms with Crippen LogP contribution in [0.15, 0.2) is 36.4 Å². The molecule has 1 amide bonds. The minimum absolute atomic E-state index is 0.0389. The van der Waals surface area contributed by atoms with Crippen LogP contribution < -0.4 is 25.3 Å². The highest BCUT2D eigenvalue weighted by Crippen LogP contribution is 2.42. The molecule has 0 saturated heterocycles. The van der Waals surface area contributed by atoms with E-state index in [4.69, 9.17) is 19.9 Å². The lowest BCUT2D eigenvalue weighted by atomic mass is 10.2. The Bertz CT molecular complexity index is 1010. The van der Waals surface area contributed by atoms with Gasteiger partial charge in [0.15, 0.2) is 23.0 Å². The fraction of sp³-hybridized carbons (Fsp3) is 0.167. The molecule has 0 fully saturated rings. The van der Waals surface area contributed by atoms with Crippen molar-refractivity contribution in [1.29, 1.82) is 0 Å². The van der Waals surface area contributed by atoms with E-state index in [-0.39, 0.29) is 11.5 Å². The van der Waals surface area contributed by atoms with Crippen LogP contribution in [0.2, 0.25) is 0 Å². The molecule has 4 rings (SSSR count). The van der Waals surface area contributed by atoms with Gasteiger partial charge in [-0.25, -0.2) is 9.97 Å². The van der Waals surface area contributed by atoms with Crippen molar-refractivity contribution in [2.75, 3.05) is 25.6 Å². The first-order chi connectivity index (χ1) is 12.7. The Hall–Kier alpha value is -3.55. The van der Waals surface area contributed by atoms with Crippen LogP contribution in [-0.2, 0) is 0 Å². The zero-order chi connectivity index (χ0) is 18.1. The fourth-order valence-corrected chi connectivity index (χ4v) is 2.73. The van der Waals surface area contributed by atoms with Crippen molar-refractivity contribution < 1.29 is 19.0 Å². The van der Waals surface area contributed by atoms with Crippen LogP contribution in [0.1, 0.15) is 10.5 Å². The zero-order valence-electron chi connectivity index (χ0n) is 14.0. The van der Waals surface area contributed by atoms with E-state index >= 15 is 0 Å². The van der Waals surface area contributed by atoms with Gasteiger partial charge in [0.2, 0.25) is 0 Å². The summed E-state index contributed by atoms with van der Waals surface area (Å²) in [6.45, 7) is 0.863. The highest BCUT2D eigenvalue weighted by atomic mass is 16.6. The molecular formula is C18H16N4O4. The number of aromatic nitrogens is 2. The second-order valence-corrected chi connectivity index (χ2v) is 5.60. The molecule has 1 aromatic heterocycles. The van der Waals surface area contributed by atoms with E-state index in [9.17, 15) is 4.79 Å². The Morgan fingerprint density at radius 1 is 1.15 bits per heavy atom. The third-order valence-electron chi connectivity index (χ3n) is 3.91. The molecule has 2 aromatic carbocycles. The molecule has 3 aromatic rings. The lowest BCUT2D eigenvalue weighted by molar-refractivity contribution is 0.0996. The SMILES string of the molecule is COc1cc(Nc2nc3ccccc3nc2C(N)=O)c2c(c1)OCCO2. The summed E-state index contributed by atoms with van der Waals surface area (Å²) in [7, 11) is 1.56. The van der Waals surface area contributed by atoms with Gasteiger partial charge < -0.3 is 25.3 Å². The van der Waals surface area contributed by atoms with E-state index in [1.54, 1.807) is 31.4 Å². The number of para-hydroxylation sites is 2. The molecule has 0 spiro atoms. The lowest BCUT2D eigenvalue weighted by Gasteiger charge is -2.22. The third kappa shape index (κ3) is 2.81. The topological polar surface area (TPSA) is 109 Å². The van der Waals surface area contributed by atoms with Crippen molar-refractivity contribution in [3.05, 3.63) is 42.1 Å². The summed E-state index contributed by atoms with van der Waals surface area (Å²) < 4.78 is 16.6. The number of hydrogen-bond acceptors (Lipinski definition) is 7. The van der Waals surface area contributed by atoms with Gasteiger partial charge in [0.05, 0.1) is 23.8 Å². The van der Waals surface area contributed by atoms with E-state index in [0.717, 1.165) is 0 Å². The molecule has 0 saturated carbocycles. The molecule has 0 aliphatic carbocycles. The molecule has 26 heavy (non-hydrogen) atoms. The predicted octanol–water partition coefficient (Wildman–Crippen LogP) is 2.25. The molecule has 2 heterocycles. The summed E-state index contributed by atoms with van der Waals surface area (Å²) in [4.78, 5) is 20.7. The molecule has 8 nitrogen and oxygen atoms in total. The minimum atomic E-state index is -0.681. The van der Waals surface area contributed by atoms with Gasteiger partial charge in [-0.15, -0.1) is 0 Å². The Morgan fingerprint density at radius 2 is 1.88 bits per heavy atom. The smallest absolute Gasteiger partial charge is 0.271 e. The average Bonchev–Trinajstić information content (AvgIpc) is 2.67. The number of amides is 1. The number of hydrogen-bond donors (Lipinski definition) is 2. The first kappa shape index (κ1) is 15.9. The number of carbonyl (C=O) groups is 1. The van der Waals surface area contributed by atoms with Gasteiger partial charge in [0.1, 0.15) is 19.0 Å². The van der Waals surface area contributed by atoms with Crippen molar-refractivity contribution in [3.63, 3.8) is 0 Å². The highest BCUT2D eigenvalue weighted by molar-refractivity contribution is 5.98. The average molecular weight is 352 g/mol. The normalized spacial score (nSPS) is 12.7. The van der Waals surface area contributed by atoms with Gasteiger partial charge in [-0.3, -0.25) is 4.79 Å². The summed E-state index contributed by atoms with van der Waals surface area (Å²) in [5.41, 5.74) is 7.29. The molecular weight excluding hydrogens is 336 g/mol. The van der Waals surface area contributed by atoms with Crippen LogP contribution in [0.5, 0.6) is 17.2 Å². The Kier molecular flexibility index (Phi) is 3.92. The van der Waals surface area contributed by atoms with Crippen LogP contribution in [0, 0.1) is 0 Å². The summed E-state index contributed by atoms with van der Waals surface area (Å²) in [6.07, 6.45) is 0. The van der Waals surface area contributed by atoms with Crippen molar-refractivity contribution in [1.82, 2.24) is 9.97 Å². The molecule has 0 bridgehead atoms. The number of nitrogens with two attached hydrogens (primary N) is 1. The minimum Gasteiger partial charge on any atom is -0.497 e. The van der Waals surface area contributed by atoms with Gasteiger partial charge in [-0.05, 0) is 12.1 Å². The van der Waals surface area contributed by atoms with Crippen LogP contribution >= 0.6 is 0 Å². The number of rotatable bonds is 4. The number of ether oxygens (including phenoxy) is 3. The van der Waals surface area contributed by atoms with Gasteiger partial charge >= 0.3 is 0 Å². The standard InChI is InChI=1S/C18H16N4O4/c1-24-10-8-13(16-14(9-10)25-6-7-26-16)22-18-15(17(19)23)20-11-4-2-3-5-12(11)21-18/h2-5,8-9H,6-7H2,1H3,(H2,19,23)(H,21,22). The molecule has 1 aliphatic rings. The van der Waals surface area contributed by atoms with Crippen LogP contribution in [0.4, 0.5) is 11.5 Å². The molecule has 0 unspecified atom stereocenters. The van der Waals surface area contributed by atoms with Gasteiger partial charge in [0, 0.05) is 12.1 Å². The zero-order valence-corrected chi connectivity index (χ0v) is 14.0. The monoisotopic (exact) mass is 352 g/mol. The number of nitrogens with one attached hydrogen (secondary N) is 1. The number of benzene rings is 2. The summed E-state index contributed by atoms with van der Waals surface area (Å²) in [5.74, 6) is 1.20. The van der Waals surface area contributed by atoms with E-state index in [1.165, 1.54) is 0 Å². The number of primary amides is 1. The van der Waals surface area contributed by atoms with Gasteiger partial charge in [-0.2, -0.15) is 0 Å². The third-order valence-corrected chi connectivity index (χ3v) is 3.91. The Labute approximate surface area is 148 Å². The maximum atomic E-state index is 11.9. The first-order valence-corrected chi connectivity index (χ1v) is 7.97. The molecule has 1 aliphatic heterocycles. The van der Waals surface area contributed by atoms with E-state index in [0.29, 0.717) is 47.2 Å². The molecule has 0 atom stereocenters. The van der Waals surface area contributed by atoms with Crippen LogP contribution in [0.25, 0.3) is 11.0 Å². The Balaban J connectivity index is 1.84. The van der Waals surface area contributed by atoms with E-state index in [1.807, 2.05) is 12.1 Å².